The lowest BCUT2D eigenvalue weighted by Gasteiger charge is -2.17. The second-order valence-electron chi connectivity index (χ2n) is 8.40. The van der Waals surface area contributed by atoms with E-state index in [1.807, 2.05) is 30.3 Å². The molecular weight excluding hydrogens is 474 g/mol. The smallest absolute Gasteiger partial charge is 0.305 e. The summed E-state index contributed by atoms with van der Waals surface area (Å²) >= 11 is 0. The highest BCUT2D eigenvalue weighted by atomic mass is 16.4. The molecule has 3 aromatic carbocycles. The first-order valence-electron chi connectivity index (χ1n) is 11.4. The van der Waals surface area contributed by atoms with Crippen molar-refractivity contribution in [3.05, 3.63) is 100 Å². The van der Waals surface area contributed by atoms with E-state index < -0.39 is 41.5 Å². The lowest BCUT2D eigenvalue weighted by molar-refractivity contribution is -0.139. The van der Waals surface area contributed by atoms with Gasteiger partial charge in [-0.2, -0.15) is 0 Å². The molecule has 4 aromatic rings. The van der Waals surface area contributed by atoms with Crippen molar-refractivity contribution < 1.29 is 24.3 Å². The Balaban J connectivity index is 1.52. The summed E-state index contributed by atoms with van der Waals surface area (Å²) in [7, 11) is 0. The fourth-order valence-corrected chi connectivity index (χ4v) is 3.86. The molecule has 37 heavy (non-hydrogen) atoms. The SMILES string of the molecule is CC(=O)c1c[nH]c2ccc(NC(=O)[C@H](CC(=O)O)NC(=O)c3ccc(-c4ccccc4)cc3)cc2c1=O. The molecule has 1 atom stereocenters. The first kappa shape index (κ1) is 25.1. The van der Waals surface area contributed by atoms with E-state index in [1.54, 1.807) is 30.3 Å². The van der Waals surface area contributed by atoms with E-state index in [1.165, 1.54) is 25.3 Å². The van der Waals surface area contributed by atoms with Crippen molar-refractivity contribution in [3.63, 3.8) is 0 Å². The van der Waals surface area contributed by atoms with Gasteiger partial charge in [-0.3, -0.25) is 24.0 Å². The molecule has 4 rings (SSSR count). The Hall–Kier alpha value is -5.05. The van der Waals surface area contributed by atoms with Gasteiger partial charge in [0.1, 0.15) is 6.04 Å². The highest BCUT2D eigenvalue weighted by molar-refractivity contribution is 6.03. The maximum absolute atomic E-state index is 12.9. The third-order valence-corrected chi connectivity index (χ3v) is 5.78. The maximum atomic E-state index is 12.9. The van der Waals surface area contributed by atoms with Gasteiger partial charge in [0.05, 0.1) is 12.0 Å². The minimum absolute atomic E-state index is 0.0229. The number of aromatic nitrogens is 1. The number of hydrogen-bond donors (Lipinski definition) is 4. The minimum Gasteiger partial charge on any atom is -0.481 e. The van der Waals surface area contributed by atoms with E-state index in [-0.39, 0.29) is 22.2 Å². The Kier molecular flexibility index (Phi) is 7.24. The van der Waals surface area contributed by atoms with Crippen LogP contribution in [0, 0.1) is 0 Å². The average Bonchev–Trinajstić information content (AvgIpc) is 2.89. The monoisotopic (exact) mass is 497 g/mol. The van der Waals surface area contributed by atoms with Crippen molar-refractivity contribution in [2.45, 2.75) is 19.4 Å². The van der Waals surface area contributed by atoms with Crippen LogP contribution in [0.2, 0.25) is 0 Å². The molecule has 9 nitrogen and oxygen atoms in total. The average molecular weight is 498 g/mol. The third-order valence-electron chi connectivity index (χ3n) is 5.78. The fourth-order valence-electron chi connectivity index (χ4n) is 3.86. The largest absolute Gasteiger partial charge is 0.481 e. The van der Waals surface area contributed by atoms with Crippen LogP contribution < -0.4 is 16.1 Å². The number of H-pyrrole nitrogens is 1. The minimum atomic E-state index is -1.38. The molecule has 1 heterocycles. The number of anilines is 1. The molecule has 9 heteroatoms. The third kappa shape index (κ3) is 5.79. The number of nitrogens with one attached hydrogen (secondary N) is 3. The van der Waals surface area contributed by atoms with Crippen LogP contribution in [0.5, 0.6) is 0 Å². The highest BCUT2D eigenvalue weighted by Gasteiger charge is 2.25. The van der Waals surface area contributed by atoms with Crippen molar-refractivity contribution in [2.24, 2.45) is 0 Å². The number of Topliss-reactive ketones (excluding diaryl/α,β-unsaturated/α-hetero) is 1. The van der Waals surface area contributed by atoms with Gasteiger partial charge in [-0.25, -0.2) is 0 Å². The summed E-state index contributed by atoms with van der Waals surface area (Å²) < 4.78 is 0. The Morgan fingerprint density at radius 2 is 1.59 bits per heavy atom. The predicted octanol–water partition coefficient (Wildman–Crippen LogP) is 3.61. The number of pyridine rings is 1. The number of amides is 2. The van der Waals surface area contributed by atoms with Crippen molar-refractivity contribution in [1.29, 1.82) is 0 Å². The fraction of sp³-hybridized carbons (Fsp3) is 0.107. The van der Waals surface area contributed by atoms with Gasteiger partial charge < -0.3 is 20.7 Å². The lowest BCUT2D eigenvalue weighted by Crippen LogP contribution is -2.45. The molecule has 0 fully saturated rings. The Morgan fingerprint density at radius 3 is 2.24 bits per heavy atom. The number of aromatic amines is 1. The summed E-state index contributed by atoms with van der Waals surface area (Å²) in [6.07, 6.45) is 0.679. The molecule has 0 aliphatic rings. The summed E-state index contributed by atoms with van der Waals surface area (Å²) in [6.45, 7) is 1.27. The van der Waals surface area contributed by atoms with E-state index >= 15 is 0 Å². The van der Waals surface area contributed by atoms with Gasteiger partial charge in [-0.1, -0.05) is 42.5 Å². The van der Waals surface area contributed by atoms with Crippen LogP contribution in [-0.2, 0) is 9.59 Å². The van der Waals surface area contributed by atoms with Crippen LogP contribution in [-0.4, -0.2) is 39.7 Å². The number of ketones is 1. The van der Waals surface area contributed by atoms with E-state index in [9.17, 15) is 29.1 Å². The van der Waals surface area contributed by atoms with Crippen LogP contribution in [0.15, 0.2) is 83.8 Å². The molecule has 0 saturated heterocycles. The summed E-state index contributed by atoms with van der Waals surface area (Å²) in [6, 6.07) is 19.4. The van der Waals surface area contributed by atoms with Crippen LogP contribution in [0.1, 0.15) is 34.1 Å². The number of aliphatic carboxylic acids is 1. The normalized spacial score (nSPS) is 11.5. The summed E-state index contributed by atoms with van der Waals surface area (Å²) in [5, 5.41) is 14.5. The van der Waals surface area contributed by atoms with Crippen LogP contribution in [0.4, 0.5) is 5.69 Å². The first-order chi connectivity index (χ1) is 17.7. The zero-order chi connectivity index (χ0) is 26.5. The zero-order valence-corrected chi connectivity index (χ0v) is 19.8. The summed E-state index contributed by atoms with van der Waals surface area (Å²) in [4.78, 5) is 64.3. The van der Waals surface area contributed by atoms with E-state index in [4.69, 9.17) is 0 Å². The standard InChI is InChI=1S/C28H23N3O6/c1-16(32)22-15-29-23-12-11-20(13-21(23)26(22)35)30-28(37)24(14-25(33)34)31-27(36)19-9-7-18(8-10-19)17-5-3-2-4-6-17/h2-13,15,24H,14H2,1H3,(H,29,35)(H,30,37)(H,31,36)(H,33,34)/t24-/m0/s1. The Bertz CT molecular complexity index is 1560. The number of carbonyl (C=O) groups excluding carboxylic acids is 3. The van der Waals surface area contributed by atoms with Crippen LogP contribution in [0.3, 0.4) is 0 Å². The van der Waals surface area contributed by atoms with E-state index in [2.05, 4.69) is 15.6 Å². The van der Waals surface area contributed by atoms with E-state index in [0.717, 1.165) is 11.1 Å². The van der Waals surface area contributed by atoms with Gasteiger partial charge in [-0.15, -0.1) is 0 Å². The molecule has 0 aliphatic heterocycles. The predicted molar refractivity (Wildman–Crippen MR) is 139 cm³/mol. The highest BCUT2D eigenvalue weighted by Crippen LogP contribution is 2.20. The molecule has 2 amide bonds. The number of carboxylic acids is 1. The molecule has 4 N–H and O–H groups in total. The lowest BCUT2D eigenvalue weighted by atomic mass is 10.0. The van der Waals surface area contributed by atoms with Gasteiger partial charge >= 0.3 is 5.97 Å². The Morgan fingerprint density at radius 1 is 0.919 bits per heavy atom. The Labute approximate surface area is 211 Å². The van der Waals surface area contributed by atoms with E-state index in [0.29, 0.717) is 5.52 Å². The number of carbonyl (C=O) groups is 4. The number of carboxylic acid groups (broad SMARTS) is 1. The van der Waals surface area contributed by atoms with Crippen molar-refractivity contribution >= 4 is 40.2 Å². The molecule has 0 saturated carbocycles. The molecule has 186 valence electrons. The number of hydrogen-bond acceptors (Lipinski definition) is 5. The van der Waals surface area contributed by atoms with Crippen molar-refractivity contribution in [1.82, 2.24) is 10.3 Å². The molecule has 1 aromatic heterocycles. The van der Waals surface area contributed by atoms with Gasteiger partial charge in [0.25, 0.3) is 5.91 Å². The quantitative estimate of drug-likeness (QED) is 0.274. The molecular formula is C28H23N3O6. The second kappa shape index (κ2) is 10.7. The molecule has 0 unspecified atom stereocenters. The second-order valence-corrected chi connectivity index (χ2v) is 8.40. The van der Waals surface area contributed by atoms with Crippen LogP contribution >= 0.6 is 0 Å². The molecule has 0 radical (unpaired) electrons. The summed E-state index contributed by atoms with van der Waals surface area (Å²) in [5.74, 6) is -3.06. The van der Waals surface area contributed by atoms with Gasteiger partial charge in [0, 0.05) is 28.4 Å². The van der Waals surface area contributed by atoms with Crippen molar-refractivity contribution in [2.75, 3.05) is 5.32 Å². The summed E-state index contributed by atoms with van der Waals surface area (Å²) in [5.41, 5.74) is 2.29. The van der Waals surface area contributed by atoms with Crippen LogP contribution in [0.25, 0.3) is 22.0 Å². The molecule has 0 spiro atoms. The van der Waals surface area contributed by atoms with Crippen molar-refractivity contribution in [3.8, 4) is 11.1 Å². The maximum Gasteiger partial charge on any atom is 0.305 e. The topological polar surface area (TPSA) is 145 Å². The molecule has 0 bridgehead atoms. The molecule has 0 aliphatic carbocycles. The van der Waals surface area contributed by atoms with Gasteiger partial charge in [0.2, 0.25) is 5.91 Å². The number of benzene rings is 3. The number of fused-ring (bicyclic) bond motifs is 1. The van der Waals surface area contributed by atoms with Gasteiger partial charge in [-0.05, 0) is 48.4 Å². The zero-order valence-electron chi connectivity index (χ0n) is 19.8. The number of rotatable bonds is 8. The van der Waals surface area contributed by atoms with Gasteiger partial charge in [0.15, 0.2) is 11.2 Å². The first-order valence-corrected chi connectivity index (χ1v) is 11.4.